The zero-order chi connectivity index (χ0) is 10.9. The Labute approximate surface area is 90.7 Å². The van der Waals surface area contributed by atoms with Crippen LogP contribution in [-0.4, -0.2) is 19.4 Å². The molecule has 15 heavy (non-hydrogen) atoms. The second kappa shape index (κ2) is 3.78. The van der Waals surface area contributed by atoms with Crippen LogP contribution in [0.25, 0.3) is 0 Å². The van der Waals surface area contributed by atoms with Crippen LogP contribution in [0.3, 0.4) is 0 Å². The van der Waals surface area contributed by atoms with Crippen molar-refractivity contribution in [1.29, 1.82) is 0 Å². The number of nitrogens with one attached hydrogen (secondary N) is 1. The van der Waals surface area contributed by atoms with E-state index in [1.165, 1.54) is 11.1 Å². The summed E-state index contributed by atoms with van der Waals surface area (Å²) in [5.41, 5.74) is 2.28. The number of aryl methyl sites for hydroxylation is 1. The van der Waals surface area contributed by atoms with Gasteiger partial charge < -0.3 is 5.32 Å². The largest absolute Gasteiger partial charge is 0.313 e. The first kappa shape index (κ1) is 10.4. The van der Waals surface area contributed by atoms with E-state index in [2.05, 4.69) is 36.5 Å². The molecule has 1 aliphatic carbocycles. The van der Waals surface area contributed by atoms with Gasteiger partial charge in [0.2, 0.25) is 0 Å². The Kier molecular flexibility index (Phi) is 2.61. The number of carbonyl (C=O) groups excluding carboxylic acids is 1. The first-order valence-electron chi connectivity index (χ1n) is 5.44. The topological polar surface area (TPSA) is 29.1 Å². The molecule has 0 spiro atoms. The SMILES string of the molecule is CNCC(=O)C1(c2ccc(C)cc2)CC1. The van der Waals surface area contributed by atoms with Gasteiger partial charge in [-0.3, -0.25) is 4.79 Å². The van der Waals surface area contributed by atoms with Crippen LogP contribution in [0.1, 0.15) is 24.0 Å². The molecule has 0 heterocycles. The molecule has 0 aromatic heterocycles. The van der Waals surface area contributed by atoms with Crippen LogP contribution in [0.4, 0.5) is 0 Å². The Morgan fingerprint density at radius 2 is 1.93 bits per heavy atom. The quantitative estimate of drug-likeness (QED) is 0.808. The summed E-state index contributed by atoms with van der Waals surface area (Å²) in [5.74, 6) is 0.328. The first-order chi connectivity index (χ1) is 7.19. The molecular formula is C13H17NO. The fraction of sp³-hybridized carbons (Fsp3) is 0.462. The van der Waals surface area contributed by atoms with Crippen molar-refractivity contribution in [2.45, 2.75) is 25.2 Å². The van der Waals surface area contributed by atoms with Crippen molar-refractivity contribution in [3.63, 3.8) is 0 Å². The van der Waals surface area contributed by atoms with Crippen LogP contribution < -0.4 is 5.32 Å². The maximum Gasteiger partial charge on any atom is 0.157 e. The number of hydrogen-bond acceptors (Lipinski definition) is 2. The van der Waals surface area contributed by atoms with Gasteiger partial charge >= 0.3 is 0 Å². The average molecular weight is 203 g/mol. The van der Waals surface area contributed by atoms with Crippen molar-refractivity contribution in [3.8, 4) is 0 Å². The molecule has 2 nitrogen and oxygen atoms in total. The van der Waals surface area contributed by atoms with E-state index in [9.17, 15) is 4.79 Å². The molecule has 2 rings (SSSR count). The molecule has 0 radical (unpaired) electrons. The van der Waals surface area contributed by atoms with Gasteiger partial charge in [-0.1, -0.05) is 29.8 Å². The number of rotatable bonds is 4. The maximum atomic E-state index is 12.0. The summed E-state index contributed by atoms with van der Waals surface area (Å²) < 4.78 is 0. The Balaban J connectivity index is 2.22. The molecule has 1 saturated carbocycles. The summed E-state index contributed by atoms with van der Waals surface area (Å²) in [4.78, 5) is 12.0. The lowest BCUT2D eigenvalue weighted by Gasteiger charge is -2.14. The average Bonchev–Trinajstić information content (AvgIpc) is 3.00. The van der Waals surface area contributed by atoms with E-state index in [1.54, 1.807) is 0 Å². The van der Waals surface area contributed by atoms with Crippen LogP contribution >= 0.6 is 0 Å². The summed E-state index contributed by atoms with van der Waals surface area (Å²) >= 11 is 0. The number of ketones is 1. The van der Waals surface area contributed by atoms with Crippen molar-refractivity contribution in [2.75, 3.05) is 13.6 Å². The van der Waals surface area contributed by atoms with Crippen molar-refractivity contribution in [3.05, 3.63) is 35.4 Å². The summed E-state index contributed by atoms with van der Waals surface area (Å²) in [7, 11) is 1.82. The minimum atomic E-state index is -0.156. The molecule has 1 aromatic carbocycles. The highest BCUT2D eigenvalue weighted by molar-refractivity contribution is 5.94. The van der Waals surface area contributed by atoms with Crippen LogP contribution in [-0.2, 0) is 10.2 Å². The summed E-state index contributed by atoms with van der Waals surface area (Å²) in [6.07, 6.45) is 2.02. The third kappa shape index (κ3) is 1.82. The monoisotopic (exact) mass is 203 g/mol. The number of Topliss-reactive ketones (excluding diaryl/α,β-unsaturated/α-hetero) is 1. The van der Waals surface area contributed by atoms with Crippen LogP contribution in [0.2, 0.25) is 0 Å². The van der Waals surface area contributed by atoms with Gasteiger partial charge in [0.15, 0.2) is 5.78 Å². The molecule has 0 amide bonds. The number of carbonyl (C=O) groups is 1. The Hall–Kier alpha value is -1.15. The lowest BCUT2D eigenvalue weighted by molar-refractivity contribution is -0.120. The molecule has 2 heteroatoms. The molecule has 1 N–H and O–H groups in total. The Morgan fingerprint density at radius 3 is 2.40 bits per heavy atom. The highest BCUT2D eigenvalue weighted by Crippen LogP contribution is 2.48. The maximum absolute atomic E-state index is 12.0. The van der Waals surface area contributed by atoms with E-state index in [-0.39, 0.29) is 5.41 Å². The fourth-order valence-electron chi connectivity index (χ4n) is 2.06. The van der Waals surface area contributed by atoms with E-state index >= 15 is 0 Å². The number of likely N-dealkylation sites (N-methyl/N-ethyl adjacent to an activating group) is 1. The number of benzene rings is 1. The molecule has 1 aromatic rings. The van der Waals surface area contributed by atoms with E-state index in [4.69, 9.17) is 0 Å². The van der Waals surface area contributed by atoms with Gasteiger partial charge in [0.25, 0.3) is 0 Å². The zero-order valence-corrected chi connectivity index (χ0v) is 9.34. The van der Waals surface area contributed by atoms with Crippen LogP contribution in [0, 0.1) is 6.92 Å². The van der Waals surface area contributed by atoms with E-state index in [0.29, 0.717) is 12.3 Å². The normalized spacial score (nSPS) is 17.5. The van der Waals surface area contributed by atoms with Crippen molar-refractivity contribution in [2.24, 2.45) is 0 Å². The summed E-state index contributed by atoms with van der Waals surface area (Å²) in [5, 5.41) is 2.95. The molecule has 1 fully saturated rings. The van der Waals surface area contributed by atoms with E-state index < -0.39 is 0 Å². The minimum Gasteiger partial charge on any atom is -0.313 e. The molecule has 0 atom stereocenters. The van der Waals surface area contributed by atoms with Crippen molar-refractivity contribution in [1.82, 2.24) is 5.32 Å². The van der Waals surface area contributed by atoms with Gasteiger partial charge in [0, 0.05) is 0 Å². The van der Waals surface area contributed by atoms with Crippen LogP contribution in [0.5, 0.6) is 0 Å². The molecular weight excluding hydrogens is 186 g/mol. The predicted molar refractivity (Wildman–Crippen MR) is 61.0 cm³/mol. The molecule has 80 valence electrons. The Morgan fingerprint density at radius 1 is 1.33 bits per heavy atom. The zero-order valence-electron chi connectivity index (χ0n) is 9.34. The first-order valence-corrected chi connectivity index (χ1v) is 5.44. The van der Waals surface area contributed by atoms with Gasteiger partial charge in [-0.05, 0) is 32.4 Å². The van der Waals surface area contributed by atoms with E-state index in [0.717, 1.165) is 12.8 Å². The van der Waals surface area contributed by atoms with E-state index in [1.807, 2.05) is 7.05 Å². The summed E-state index contributed by atoms with van der Waals surface area (Å²) in [6.45, 7) is 2.55. The van der Waals surface area contributed by atoms with Crippen LogP contribution in [0.15, 0.2) is 24.3 Å². The lowest BCUT2D eigenvalue weighted by Crippen LogP contribution is -2.29. The standard InChI is InChI=1S/C13H17NO/c1-10-3-5-11(6-4-10)13(7-8-13)12(15)9-14-2/h3-6,14H,7-9H2,1-2H3. The lowest BCUT2D eigenvalue weighted by atomic mass is 9.90. The highest BCUT2D eigenvalue weighted by atomic mass is 16.1. The third-order valence-corrected chi connectivity index (χ3v) is 3.23. The van der Waals surface area contributed by atoms with Crippen molar-refractivity contribution < 1.29 is 4.79 Å². The summed E-state index contributed by atoms with van der Waals surface area (Å²) in [6, 6.07) is 8.36. The Bertz CT molecular complexity index is 363. The second-order valence-electron chi connectivity index (χ2n) is 4.40. The van der Waals surface area contributed by atoms with Gasteiger partial charge in [-0.2, -0.15) is 0 Å². The molecule has 1 aliphatic rings. The van der Waals surface area contributed by atoms with Gasteiger partial charge in [-0.15, -0.1) is 0 Å². The molecule has 0 unspecified atom stereocenters. The number of hydrogen-bond donors (Lipinski definition) is 1. The van der Waals surface area contributed by atoms with Crippen molar-refractivity contribution >= 4 is 5.78 Å². The molecule has 0 saturated heterocycles. The van der Waals surface area contributed by atoms with Gasteiger partial charge in [-0.25, -0.2) is 0 Å². The predicted octanol–water partition coefficient (Wildman–Crippen LogP) is 1.82. The smallest absolute Gasteiger partial charge is 0.157 e. The second-order valence-corrected chi connectivity index (χ2v) is 4.40. The molecule has 0 bridgehead atoms. The third-order valence-electron chi connectivity index (χ3n) is 3.23. The van der Waals surface area contributed by atoms with Gasteiger partial charge in [0.1, 0.15) is 0 Å². The minimum absolute atomic E-state index is 0.156. The molecule has 0 aliphatic heterocycles. The highest BCUT2D eigenvalue weighted by Gasteiger charge is 2.49. The van der Waals surface area contributed by atoms with Gasteiger partial charge in [0.05, 0.1) is 12.0 Å². The fourth-order valence-corrected chi connectivity index (χ4v) is 2.06.